The molecule has 1 aliphatic rings. The molecule has 17 heavy (non-hydrogen) atoms. The first-order valence-electron chi connectivity index (χ1n) is 5.27. The summed E-state index contributed by atoms with van der Waals surface area (Å²) >= 11 is 5.34. The standard InChI is InChI=1S/C12H10N2S3/c13-5-12-8(14)4-11(17-12)10-3-7-6-15-2-1-9(7)16-10/h3-4H,1-2,6,14H2. The third-order valence-electron chi connectivity index (χ3n) is 2.73. The number of rotatable bonds is 1. The van der Waals surface area contributed by atoms with Gasteiger partial charge in [-0.05, 0) is 29.9 Å². The zero-order valence-corrected chi connectivity index (χ0v) is 11.5. The molecule has 0 aromatic carbocycles. The third-order valence-corrected chi connectivity index (χ3v) is 6.23. The van der Waals surface area contributed by atoms with E-state index < -0.39 is 0 Å². The molecule has 2 aromatic rings. The predicted octanol–water partition coefficient (Wildman–Crippen LogP) is 3.72. The van der Waals surface area contributed by atoms with Crippen molar-refractivity contribution in [3.63, 3.8) is 0 Å². The van der Waals surface area contributed by atoms with Crippen LogP contribution in [0.5, 0.6) is 0 Å². The Hall–Kier alpha value is -0.960. The van der Waals surface area contributed by atoms with Crippen molar-refractivity contribution < 1.29 is 0 Å². The van der Waals surface area contributed by atoms with E-state index in [-0.39, 0.29) is 0 Å². The lowest BCUT2D eigenvalue weighted by Crippen LogP contribution is -1.96. The Morgan fingerprint density at radius 3 is 2.76 bits per heavy atom. The average Bonchev–Trinajstić information content (AvgIpc) is 2.91. The Bertz CT molecular complexity index is 580. The van der Waals surface area contributed by atoms with Gasteiger partial charge in [0.2, 0.25) is 0 Å². The van der Waals surface area contributed by atoms with Crippen LogP contribution in [-0.4, -0.2) is 5.75 Å². The van der Waals surface area contributed by atoms with E-state index in [4.69, 9.17) is 11.0 Å². The van der Waals surface area contributed by atoms with Gasteiger partial charge in [0.05, 0.1) is 5.69 Å². The number of hydrogen-bond donors (Lipinski definition) is 1. The lowest BCUT2D eigenvalue weighted by atomic mass is 10.2. The molecule has 0 unspecified atom stereocenters. The molecule has 0 saturated heterocycles. The van der Waals surface area contributed by atoms with Gasteiger partial charge in [0.15, 0.2) is 0 Å². The summed E-state index contributed by atoms with van der Waals surface area (Å²) < 4.78 is 0. The van der Waals surface area contributed by atoms with Gasteiger partial charge in [-0.1, -0.05) is 0 Å². The Labute approximate surface area is 112 Å². The quantitative estimate of drug-likeness (QED) is 0.865. The first-order valence-corrected chi connectivity index (χ1v) is 8.06. The van der Waals surface area contributed by atoms with E-state index in [0.29, 0.717) is 10.6 Å². The SMILES string of the molecule is N#Cc1sc(-c2cc3c(s2)CCSC3)cc1N. The van der Waals surface area contributed by atoms with Gasteiger partial charge in [-0.15, -0.1) is 22.7 Å². The molecule has 0 aliphatic carbocycles. The summed E-state index contributed by atoms with van der Waals surface area (Å²) in [6.07, 6.45) is 1.18. The van der Waals surface area contributed by atoms with Crippen molar-refractivity contribution in [2.45, 2.75) is 12.2 Å². The summed E-state index contributed by atoms with van der Waals surface area (Å²) in [5.74, 6) is 2.35. The number of nitrogens with zero attached hydrogens (tertiary/aromatic N) is 1. The monoisotopic (exact) mass is 278 g/mol. The highest BCUT2D eigenvalue weighted by molar-refractivity contribution is 7.98. The minimum atomic E-state index is 0.605. The number of aryl methyl sites for hydroxylation is 1. The zero-order chi connectivity index (χ0) is 11.8. The number of nitriles is 1. The van der Waals surface area contributed by atoms with Crippen molar-refractivity contribution in [2.24, 2.45) is 0 Å². The molecular formula is C12H10N2S3. The first kappa shape index (κ1) is 11.1. The predicted molar refractivity (Wildman–Crippen MR) is 76.6 cm³/mol. The number of nitrogens with two attached hydrogens (primary N) is 1. The van der Waals surface area contributed by atoms with Crippen LogP contribution in [0.25, 0.3) is 9.75 Å². The minimum absolute atomic E-state index is 0.605. The van der Waals surface area contributed by atoms with Crippen LogP contribution in [0.3, 0.4) is 0 Å². The van der Waals surface area contributed by atoms with E-state index in [2.05, 4.69) is 12.1 Å². The molecule has 0 radical (unpaired) electrons. The second-order valence-electron chi connectivity index (χ2n) is 3.87. The lowest BCUT2D eigenvalue weighted by Gasteiger charge is -2.08. The van der Waals surface area contributed by atoms with Crippen molar-refractivity contribution in [1.82, 2.24) is 0 Å². The van der Waals surface area contributed by atoms with E-state index >= 15 is 0 Å². The van der Waals surface area contributed by atoms with Crippen molar-refractivity contribution in [3.05, 3.63) is 27.5 Å². The maximum atomic E-state index is 8.92. The van der Waals surface area contributed by atoms with Crippen LogP contribution in [0.1, 0.15) is 15.3 Å². The molecule has 0 amide bonds. The van der Waals surface area contributed by atoms with Crippen LogP contribution in [-0.2, 0) is 12.2 Å². The van der Waals surface area contributed by atoms with Gasteiger partial charge in [0.25, 0.3) is 0 Å². The molecular weight excluding hydrogens is 268 g/mol. The Balaban J connectivity index is 2.03. The maximum absolute atomic E-state index is 8.92. The van der Waals surface area contributed by atoms with Crippen molar-refractivity contribution in [2.75, 3.05) is 11.5 Å². The molecule has 0 fully saturated rings. The molecule has 0 spiro atoms. The lowest BCUT2D eigenvalue weighted by molar-refractivity contribution is 1.13. The highest BCUT2D eigenvalue weighted by Gasteiger charge is 2.16. The van der Waals surface area contributed by atoms with E-state index in [1.165, 1.54) is 38.8 Å². The van der Waals surface area contributed by atoms with Crippen molar-refractivity contribution in [3.8, 4) is 15.8 Å². The average molecular weight is 278 g/mol. The van der Waals surface area contributed by atoms with Gasteiger partial charge in [0, 0.05) is 20.4 Å². The largest absolute Gasteiger partial charge is 0.397 e. The summed E-state index contributed by atoms with van der Waals surface area (Å²) in [4.78, 5) is 4.52. The van der Waals surface area contributed by atoms with Gasteiger partial charge in [-0.25, -0.2) is 0 Å². The summed E-state index contributed by atoms with van der Waals surface area (Å²) in [6.45, 7) is 0. The number of thioether (sulfide) groups is 1. The topological polar surface area (TPSA) is 49.8 Å². The van der Waals surface area contributed by atoms with Gasteiger partial charge in [0.1, 0.15) is 10.9 Å². The molecule has 0 bridgehead atoms. The summed E-state index contributed by atoms with van der Waals surface area (Å²) in [5, 5.41) is 8.92. The van der Waals surface area contributed by atoms with E-state index in [0.717, 1.165) is 10.6 Å². The minimum Gasteiger partial charge on any atom is -0.397 e. The molecule has 3 heterocycles. The second kappa shape index (κ2) is 4.37. The number of thiophene rings is 2. The van der Waals surface area contributed by atoms with Gasteiger partial charge in [-0.3, -0.25) is 0 Å². The number of fused-ring (bicyclic) bond motifs is 1. The zero-order valence-electron chi connectivity index (χ0n) is 9.03. The molecule has 2 aromatic heterocycles. The fourth-order valence-corrected chi connectivity index (χ4v) is 5.20. The summed E-state index contributed by atoms with van der Waals surface area (Å²) in [7, 11) is 0. The fourth-order valence-electron chi connectivity index (χ4n) is 1.88. The van der Waals surface area contributed by atoms with Crippen LogP contribution < -0.4 is 5.73 Å². The van der Waals surface area contributed by atoms with Gasteiger partial charge in [-0.2, -0.15) is 17.0 Å². The fraction of sp³-hybridized carbons (Fsp3) is 0.250. The van der Waals surface area contributed by atoms with E-state index in [9.17, 15) is 0 Å². The highest BCUT2D eigenvalue weighted by atomic mass is 32.2. The molecule has 0 atom stereocenters. The van der Waals surface area contributed by atoms with Gasteiger partial charge < -0.3 is 5.73 Å². The van der Waals surface area contributed by atoms with Crippen LogP contribution in [0, 0.1) is 11.3 Å². The van der Waals surface area contributed by atoms with Crippen LogP contribution >= 0.6 is 34.4 Å². The Morgan fingerprint density at radius 1 is 1.24 bits per heavy atom. The van der Waals surface area contributed by atoms with E-state index in [1.807, 2.05) is 29.2 Å². The molecule has 2 N–H and O–H groups in total. The van der Waals surface area contributed by atoms with Crippen LogP contribution in [0.2, 0.25) is 0 Å². The number of hydrogen-bond acceptors (Lipinski definition) is 5. The normalized spacial score (nSPS) is 14.3. The molecule has 3 rings (SSSR count). The molecule has 1 aliphatic heterocycles. The smallest absolute Gasteiger partial charge is 0.128 e. The van der Waals surface area contributed by atoms with Crippen LogP contribution in [0.15, 0.2) is 12.1 Å². The molecule has 5 heteroatoms. The van der Waals surface area contributed by atoms with Crippen LogP contribution in [0.4, 0.5) is 5.69 Å². The number of nitrogen functional groups attached to an aromatic ring is 1. The molecule has 86 valence electrons. The van der Waals surface area contributed by atoms with Crippen molar-refractivity contribution in [1.29, 1.82) is 5.26 Å². The number of anilines is 1. The molecule has 2 nitrogen and oxygen atoms in total. The highest BCUT2D eigenvalue weighted by Crippen LogP contribution is 2.41. The van der Waals surface area contributed by atoms with Crippen molar-refractivity contribution >= 4 is 40.1 Å². The second-order valence-corrected chi connectivity index (χ2v) is 7.16. The van der Waals surface area contributed by atoms with Gasteiger partial charge >= 0.3 is 0 Å². The summed E-state index contributed by atoms with van der Waals surface area (Å²) in [5.41, 5.74) is 7.87. The first-order chi connectivity index (χ1) is 8.28. The summed E-state index contributed by atoms with van der Waals surface area (Å²) in [6, 6.07) is 6.33. The third kappa shape index (κ3) is 1.97. The maximum Gasteiger partial charge on any atom is 0.128 e. The molecule has 0 saturated carbocycles. The Morgan fingerprint density at radius 2 is 2.06 bits per heavy atom. The van der Waals surface area contributed by atoms with E-state index in [1.54, 1.807) is 0 Å². The Kier molecular flexibility index (Phi) is 2.87.